The van der Waals surface area contributed by atoms with E-state index in [-0.39, 0.29) is 0 Å². The third-order valence-electron chi connectivity index (χ3n) is 7.96. The van der Waals surface area contributed by atoms with Gasteiger partial charge in [0.25, 0.3) is 0 Å². The summed E-state index contributed by atoms with van der Waals surface area (Å²) in [7, 11) is 0. The fourth-order valence-electron chi connectivity index (χ4n) is 6.04. The van der Waals surface area contributed by atoms with E-state index >= 15 is 0 Å². The highest BCUT2D eigenvalue weighted by Gasteiger charge is 2.32. The van der Waals surface area contributed by atoms with Gasteiger partial charge in [-0.1, -0.05) is 91.9 Å². The first-order valence-electron chi connectivity index (χ1n) is 13.6. The van der Waals surface area contributed by atoms with Gasteiger partial charge in [0.2, 0.25) is 0 Å². The van der Waals surface area contributed by atoms with Crippen LogP contribution in [0.4, 0.5) is 0 Å². The SMILES string of the molecule is C=C1NC2=C(C(N)=C1c1ccccc1)C(c1ccc3c(c1C)CCCC3)=C(C)C2.CCc1ccccc1. The van der Waals surface area contributed by atoms with Crippen molar-refractivity contribution in [2.24, 2.45) is 5.73 Å². The molecule has 1 aliphatic heterocycles. The zero-order valence-electron chi connectivity index (χ0n) is 22.5. The van der Waals surface area contributed by atoms with Crippen LogP contribution in [-0.4, -0.2) is 0 Å². The minimum absolute atomic E-state index is 0.846. The molecule has 0 radical (unpaired) electrons. The Bertz CT molecular complexity index is 1420. The fraction of sp³-hybridized carbons (Fsp3) is 0.257. The van der Waals surface area contributed by atoms with Crippen molar-refractivity contribution >= 4 is 11.1 Å². The first-order chi connectivity index (χ1) is 18.0. The zero-order chi connectivity index (χ0) is 25.9. The van der Waals surface area contributed by atoms with Gasteiger partial charge >= 0.3 is 0 Å². The largest absolute Gasteiger partial charge is 0.398 e. The van der Waals surface area contributed by atoms with E-state index < -0.39 is 0 Å². The minimum Gasteiger partial charge on any atom is -0.398 e. The second-order valence-electron chi connectivity index (χ2n) is 10.4. The number of allylic oxidation sites excluding steroid dienone is 3. The van der Waals surface area contributed by atoms with Gasteiger partial charge < -0.3 is 11.1 Å². The van der Waals surface area contributed by atoms with Gasteiger partial charge in [-0.05, 0) is 84.9 Å². The van der Waals surface area contributed by atoms with E-state index in [0.29, 0.717) is 0 Å². The lowest BCUT2D eigenvalue weighted by molar-refractivity contribution is 0.681. The van der Waals surface area contributed by atoms with Crippen LogP contribution in [0.5, 0.6) is 0 Å². The number of nitrogens with two attached hydrogens (primary N) is 1. The average molecular weight is 487 g/mol. The summed E-state index contributed by atoms with van der Waals surface area (Å²) in [6, 6.07) is 25.5. The molecule has 0 aromatic heterocycles. The van der Waals surface area contributed by atoms with Crippen LogP contribution in [0.15, 0.2) is 108 Å². The number of aryl methyl sites for hydroxylation is 2. The van der Waals surface area contributed by atoms with E-state index in [2.05, 4.69) is 93.3 Å². The van der Waals surface area contributed by atoms with Gasteiger partial charge in [-0.25, -0.2) is 0 Å². The summed E-state index contributed by atoms with van der Waals surface area (Å²) >= 11 is 0. The Morgan fingerprint density at radius 2 is 1.49 bits per heavy atom. The molecule has 2 heteroatoms. The highest BCUT2D eigenvalue weighted by Crippen LogP contribution is 2.47. The highest BCUT2D eigenvalue weighted by atomic mass is 14.9. The average Bonchev–Trinajstić information content (AvgIpc) is 3.26. The molecule has 0 fully saturated rings. The third-order valence-corrected chi connectivity index (χ3v) is 7.96. The molecular weight excluding hydrogens is 448 g/mol. The number of fused-ring (bicyclic) bond motifs is 1. The highest BCUT2D eigenvalue weighted by molar-refractivity contribution is 5.97. The quantitative estimate of drug-likeness (QED) is 0.393. The number of dihydropyridines is 1. The van der Waals surface area contributed by atoms with Gasteiger partial charge in [0.15, 0.2) is 0 Å². The molecule has 6 rings (SSSR count). The monoisotopic (exact) mass is 486 g/mol. The molecule has 3 aromatic rings. The maximum Gasteiger partial charge on any atom is 0.0512 e. The lowest BCUT2D eigenvalue weighted by atomic mass is 9.82. The maximum atomic E-state index is 6.85. The Kier molecular flexibility index (Phi) is 7.19. The molecule has 188 valence electrons. The molecule has 37 heavy (non-hydrogen) atoms. The minimum atomic E-state index is 0.846. The Balaban J connectivity index is 0.000000301. The summed E-state index contributed by atoms with van der Waals surface area (Å²) in [5.41, 5.74) is 23.1. The second kappa shape index (κ2) is 10.7. The molecule has 0 saturated carbocycles. The molecule has 0 spiro atoms. The molecule has 0 saturated heterocycles. The van der Waals surface area contributed by atoms with Crippen molar-refractivity contribution in [1.29, 1.82) is 0 Å². The van der Waals surface area contributed by atoms with Gasteiger partial charge in [0.05, 0.1) is 5.70 Å². The summed E-state index contributed by atoms with van der Waals surface area (Å²) in [6.07, 6.45) is 7.06. The van der Waals surface area contributed by atoms with Crippen LogP contribution in [0.3, 0.4) is 0 Å². The summed E-state index contributed by atoms with van der Waals surface area (Å²) in [5.74, 6) is 0. The number of hydrogen-bond acceptors (Lipinski definition) is 2. The van der Waals surface area contributed by atoms with Crippen LogP contribution in [0.25, 0.3) is 11.1 Å². The van der Waals surface area contributed by atoms with E-state index in [1.807, 2.05) is 12.1 Å². The standard InChI is InChI=1S/C27H28N2.C8H10/c1-16-15-23-26(27(28)25(18(3)29-23)20-10-5-4-6-11-20)24(16)22-14-13-19-9-7-8-12-21(19)17(22)2;1-2-8-6-4-3-5-7-8/h4-6,10-11,13-14,29H,3,7-9,12,15,28H2,1-2H3;3-7H,2H2,1H3. The molecular formula is C35H38N2. The van der Waals surface area contributed by atoms with Gasteiger partial charge in [-0.3, -0.25) is 0 Å². The topological polar surface area (TPSA) is 38.0 Å². The van der Waals surface area contributed by atoms with Crippen LogP contribution in [0, 0.1) is 6.92 Å². The summed E-state index contributed by atoms with van der Waals surface area (Å²) in [5, 5.41) is 3.57. The smallest absolute Gasteiger partial charge is 0.0512 e. The molecule has 0 unspecified atom stereocenters. The van der Waals surface area contributed by atoms with Crippen LogP contribution in [0.2, 0.25) is 0 Å². The molecule has 2 aliphatic carbocycles. The molecule has 3 aliphatic rings. The molecule has 3 N–H and O–H groups in total. The van der Waals surface area contributed by atoms with Gasteiger partial charge in [-0.2, -0.15) is 0 Å². The Morgan fingerprint density at radius 3 is 2.16 bits per heavy atom. The van der Waals surface area contributed by atoms with E-state index in [1.54, 1.807) is 5.56 Å². The summed E-state index contributed by atoms with van der Waals surface area (Å²) in [6.45, 7) is 11.0. The van der Waals surface area contributed by atoms with E-state index in [4.69, 9.17) is 5.73 Å². The number of hydrogen-bond donors (Lipinski definition) is 2. The van der Waals surface area contributed by atoms with Crippen molar-refractivity contribution in [2.75, 3.05) is 0 Å². The van der Waals surface area contributed by atoms with E-state index in [1.165, 1.54) is 70.4 Å². The molecule has 0 atom stereocenters. The number of benzene rings is 3. The molecule has 0 amide bonds. The predicted octanol–water partition coefficient (Wildman–Crippen LogP) is 8.04. The second-order valence-corrected chi connectivity index (χ2v) is 10.4. The van der Waals surface area contributed by atoms with Crippen LogP contribution >= 0.6 is 0 Å². The van der Waals surface area contributed by atoms with Crippen molar-refractivity contribution < 1.29 is 0 Å². The van der Waals surface area contributed by atoms with Crippen molar-refractivity contribution in [1.82, 2.24) is 5.32 Å². The molecule has 1 heterocycles. The van der Waals surface area contributed by atoms with Crippen LogP contribution in [0.1, 0.15) is 66.5 Å². The first-order valence-corrected chi connectivity index (χ1v) is 13.6. The normalized spacial score (nSPS) is 16.7. The predicted molar refractivity (Wildman–Crippen MR) is 158 cm³/mol. The van der Waals surface area contributed by atoms with E-state index in [9.17, 15) is 0 Å². The number of nitrogens with one attached hydrogen (secondary N) is 1. The third kappa shape index (κ3) is 4.81. The number of rotatable bonds is 3. The molecule has 2 nitrogen and oxygen atoms in total. The lowest BCUT2D eigenvalue weighted by Crippen LogP contribution is -2.23. The summed E-state index contributed by atoms with van der Waals surface area (Å²) in [4.78, 5) is 0. The van der Waals surface area contributed by atoms with Gasteiger partial charge in [0, 0.05) is 29.0 Å². The van der Waals surface area contributed by atoms with Gasteiger partial charge in [-0.15, -0.1) is 0 Å². The van der Waals surface area contributed by atoms with E-state index in [0.717, 1.165) is 35.4 Å². The molecule has 0 bridgehead atoms. The Hall–Kier alpha value is -3.78. The Labute approximate surface area is 222 Å². The van der Waals surface area contributed by atoms with Crippen molar-refractivity contribution in [3.63, 3.8) is 0 Å². The van der Waals surface area contributed by atoms with Crippen LogP contribution < -0.4 is 11.1 Å². The van der Waals surface area contributed by atoms with Gasteiger partial charge in [0.1, 0.15) is 0 Å². The Morgan fingerprint density at radius 1 is 0.811 bits per heavy atom. The maximum absolute atomic E-state index is 6.85. The van der Waals surface area contributed by atoms with Crippen molar-refractivity contribution in [3.05, 3.63) is 141 Å². The lowest BCUT2D eigenvalue weighted by Gasteiger charge is -2.27. The zero-order valence-corrected chi connectivity index (χ0v) is 22.5. The molecule has 3 aromatic carbocycles. The van der Waals surface area contributed by atoms with Crippen molar-refractivity contribution in [2.45, 2.75) is 59.3 Å². The first kappa shape index (κ1) is 24.9. The fourth-order valence-corrected chi connectivity index (χ4v) is 6.04. The van der Waals surface area contributed by atoms with Crippen LogP contribution in [-0.2, 0) is 19.3 Å². The summed E-state index contributed by atoms with van der Waals surface area (Å²) < 4.78 is 0. The van der Waals surface area contributed by atoms with Crippen molar-refractivity contribution in [3.8, 4) is 0 Å².